The topological polar surface area (TPSA) is 58.4 Å². The molecular formula is C14H19N3O. The maximum absolute atomic E-state index is 11.6. The van der Waals surface area contributed by atoms with Gasteiger partial charge in [-0.25, -0.2) is 0 Å². The van der Waals surface area contributed by atoms with Crippen molar-refractivity contribution >= 4 is 11.6 Å². The summed E-state index contributed by atoms with van der Waals surface area (Å²) in [7, 11) is 1.82. The molecule has 3 rings (SSSR count). The molecule has 3 N–H and O–H groups in total. The highest BCUT2D eigenvalue weighted by Gasteiger charge is 2.25. The molecule has 1 amide bonds. The van der Waals surface area contributed by atoms with Crippen molar-refractivity contribution < 1.29 is 4.79 Å². The fraction of sp³-hybridized carbons (Fsp3) is 0.500. The Morgan fingerprint density at radius 2 is 2.28 bits per heavy atom. The highest BCUT2D eigenvalue weighted by atomic mass is 16.2. The molecule has 1 aliphatic heterocycles. The lowest BCUT2D eigenvalue weighted by molar-refractivity contribution is -0.117. The Hall–Kier alpha value is -1.39. The number of carbonyl (C=O) groups is 1. The number of amides is 1. The normalized spacial score (nSPS) is 20.1. The zero-order valence-corrected chi connectivity index (χ0v) is 10.6. The fourth-order valence-electron chi connectivity index (χ4n) is 2.42. The van der Waals surface area contributed by atoms with Gasteiger partial charge in [0.25, 0.3) is 0 Å². The predicted octanol–water partition coefficient (Wildman–Crippen LogP) is 0.957. The first-order chi connectivity index (χ1) is 8.65. The molecule has 2 aliphatic rings. The quantitative estimate of drug-likeness (QED) is 0.830. The number of likely N-dealkylation sites (N-methyl/N-ethyl adjacent to an activating group) is 1. The molecule has 0 spiro atoms. The van der Waals surface area contributed by atoms with Crippen molar-refractivity contribution in [3.8, 4) is 0 Å². The van der Waals surface area contributed by atoms with E-state index < -0.39 is 0 Å². The monoisotopic (exact) mass is 245 g/mol. The molecule has 1 unspecified atom stereocenters. The minimum atomic E-state index is 0.0110. The molecule has 4 heteroatoms. The number of rotatable bonds is 4. The summed E-state index contributed by atoms with van der Waals surface area (Å²) < 4.78 is 0. The Kier molecular flexibility index (Phi) is 2.84. The van der Waals surface area contributed by atoms with Gasteiger partial charge in [0.1, 0.15) is 0 Å². The van der Waals surface area contributed by atoms with Gasteiger partial charge in [0.05, 0.1) is 6.42 Å². The van der Waals surface area contributed by atoms with Gasteiger partial charge in [-0.1, -0.05) is 12.1 Å². The van der Waals surface area contributed by atoms with Crippen LogP contribution in [0.3, 0.4) is 0 Å². The van der Waals surface area contributed by atoms with Crippen molar-refractivity contribution in [1.82, 2.24) is 5.32 Å². The maximum atomic E-state index is 11.6. The zero-order valence-electron chi connectivity index (χ0n) is 10.6. The Bertz CT molecular complexity index is 482. The van der Waals surface area contributed by atoms with Gasteiger partial charge in [-0.05, 0) is 30.0 Å². The van der Waals surface area contributed by atoms with Crippen molar-refractivity contribution in [2.45, 2.75) is 31.3 Å². The first-order valence-electron chi connectivity index (χ1n) is 6.53. The molecule has 0 aromatic heterocycles. The van der Waals surface area contributed by atoms with Crippen LogP contribution < -0.4 is 16.0 Å². The Balaban J connectivity index is 1.73. The van der Waals surface area contributed by atoms with Crippen molar-refractivity contribution in [3.63, 3.8) is 0 Å². The van der Waals surface area contributed by atoms with Crippen LogP contribution in [0.25, 0.3) is 0 Å². The van der Waals surface area contributed by atoms with Crippen LogP contribution in [-0.2, 0) is 11.2 Å². The number of benzene rings is 1. The standard InChI is InChI=1S/C14H19N3O/c1-17-13-5-2-9(6-10(13)7-14(17)18)12(15)8-16-11-3-4-11/h2,5-6,11-12,16H,3-4,7-8,15H2,1H3. The van der Waals surface area contributed by atoms with Crippen molar-refractivity contribution in [2.24, 2.45) is 5.73 Å². The summed E-state index contributed by atoms with van der Waals surface area (Å²) >= 11 is 0. The Labute approximate surface area is 107 Å². The lowest BCUT2D eigenvalue weighted by atomic mass is 10.0. The summed E-state index contributed by atoms with van der Waals surface area (Å²) in [5, 5.41) is 3.44. The van der Waals surface area contributed by atoms with E-state index in [-0.39, 0.29) is 11.9 Å². The van der Waals surface area contributed by atoms with Gasteiger partial charge in [-0.15, -0.1) is 0 Å². The molecular weight excluding hydrogens is 226 g/mol. The molecule has 1 atom stereocenters. The molecule has 1 heterocycles. The van der Waals surface area contributed by atoms with Crippen molar-refractivity contribution in [3.05, 3.63) is 29.3 Å². The molecule has 1 aromatic rings. The van der Waals surface area contributed by atoms with Gasteiger partial charge in [0.15, 0.2) is 0 Å². The molecule has 0 saturated heterocycles. The number of nitrogens with one attached hydrogen (secondary N) is 1. The van der Waals surface area contributed by atoms with Gasteiger partial charge in [-0.2, -0.15) is 0 Å². The number of anilines is 1. The zero-order chi connectivity index (χ0) is 12.7. The average Bonchev–Trinajstić information content (AvgIpc) is 3.14. The highest BCUT2D eigenvalue weighted by molar-refractivity contribution is 6.00. The molecule has 1 aromatic carbocycles. The van der Waals surface area contributed by atoms with Crippen LogP contribution in [0.2, 0.25) is 0 Å². The van der Waals surface area contributed by atoms with E-state index in [1.807, 2.05) is 19.2 Å². The van der Waals surface area contributed by atoms with Gasteiger partial charge < -0.3 is 16.0 Å². The van der Waals surface area contributed by atoms with E-state index in [4.69, 9.17) is 5.73 Å². The minimum Gasteiger partial charge on any atom is -0.323 e. The van der Waals surface area contributed by atoms with E-state index in [0.717, 1.165) is 23.4 Å². The number of hydrogen-bond donors (Lipinski definition) is 2. The van der Waals surface area contributed by atoms with Gasteiger partial charge in [0.2, 0.25) is 5.91 Å². The summed E-state index contributed by atoms with van der Waals surface area (Å²) in [6.07, 6.45) is 3.05. The van der Waals surface area contributed by atoms with E-state index in [1.165, 1.54) is 12.8 Å². The number of hydrogen-bond acceptors (Lipinski definition) is 3. The van der Waals surface area contributed by atoms with Crippen LogP contribution in [0.5, 0.6) is 0 Å². The van der Waals surface area contributed by atoms with Gasteiger partial charge >= 0.3 is 0 Å². The average molecular weight is 245 g/mol. The fourth-order valence-corrected chi connectivity index (χ4v) is 2.42. The summed E-state index contributed by atoms with van der Waals surface area (Å²) in [4.78, 5) is 13.3. The van der Waals surface area contributed by atoms with E-state index in [1.54, 1.807) is 4.90 Å². The SMILES string of the molecule is CN1C(=O)Cc2cc(C(N)CNC3CC3)ccc21. The molecule has 0 bridgehead atoms. The second-order valence-corrected chi connectivity index (χ2v) is 5.31. The van der Waals surface area contributed by atoms with E-state index in [2.05, 4.69) is 11.4 Å². The van der Waals surface area contributed by atoms with E-state index in [0.29, 0.717) is 12.5 Å². The smallest absolute Gasteiger partial charge is 0.231 e. The third-order valence-electron chi connectivity index (χ3n) is 3.81. The highest BCUT2D eigenvalue weighted by Crippen LogP contribution is 2.29. The summed E-state index contributed by atoms with van der Waals surface area (Å²) in [6, 6.07) is 6.81. The molecule has 18 heavy (non-hydrogen) atoms. The van der Waals surface area contributed by atoms with Gasteiger partial charge in [0, 0.05) is 31.4 Å². The largest absolute Gasteiger partial charge is 0.323 e. The van der Waals surface area contributed by atoms with Crippen LogP contribution in [0.4, 0.5) is 5.69 Å². The number of nitrogens with two attached hydrogens (primary N) is 1. The Morgan fingerprint density at radius 1 is 1.50 bits per heavy atom. The predicted molar refractivity (Wildman–Crippen MR) is 71.5 cm³/mol. The lowest BCUT2D eigenvalue weighted by Crippen LogP contribution is -2.28. The van der Waals surface area contributed by atoms with Crippen LogP contribution in [0.15, 0.2) is 18.2 Å². The molecule has 4 nitrogen and oxygen atoms in total. The van der Waals surface area contributed by atoms with Crippen molar-refractivity contribution in [2.75, 3.05) is 18.5 Å². The lowest BCUT2D eigenvalue weighted by Gasteiger charge is -2.15. The third-order valence-corrected chi connectivity index (χ3v) is 3.81. The van der Waals surface area contributed by atoms with Crippen LogP contribution >= 0.6 is 0 Å². The summed E-state index contributed by atoms with van der Waals surface area (Å²) in [5.74, 6) is 0.159. The van der Waals surface area contributed by atoms with E-state index in [9.17, 15) is 4.79 Å². The summed E-state index contributed by atoms with van der Waals surface area (Å²) in [6.45, 7) is 0.813. The van der Waals surface area contributed by atoms with Crippen LogP contribution in [0, 0.1) is 0 Å². The molecule has 1 aliphatic carbocycles. The molecule has 1 saturated carbocycles. The second-order valence-electron chi connectivity index (χ2n) is 5.31. The van der Waals surface area contributed by atoms with Gasteiger partial charge in [-0.3, -0.25) is 4.79 Å². The van der Waals surface area contributed by atoms with E-state index >= 15 is 0 Å². The first kappa shape index (κ1) is 11.7. The molecule has 1 fully saturated rings. The first-order valence-corrected chi connectivity index (χ1v) is 6.53. The van der Waals surface area contributed by atoms with Crippen molar-refractivity contribution in [1.29, 1.82) is 0 Å². The van der Waals surface area contributed by atoms with Crippen LogP contribution in [0.1, 0.15) is 30.0 Å². The number of carbonyl (C=O) groups excluding carboxylic acids is 1. The molecule has 0 radical (unpaired) electrons. The number of fused-ring (bicyclic) bond motifs is 1. The Morgan fingerprint density at radius 3 is 3.00 bits per heavy atom. The minimum absolute atomic E-state index is 0.0110. The maximum Gasteiger partial charge on any atom is 0.231 e. The second kappa shape index (κ2) is 4.37. The molecule has 96 valence electrons. The number of nitrogens with zero attached hydrogens (tertiary/aromatic N) is 1. The van der Waals surface area contributed by atoms with Crippen LogP contribution in [-0.4, -0.2) is 25.5 Å². The third kappa shape index (κ3) is 2.13. The summed E-state index contributed by atoms with van der Waals surface area (Å²) in [5.41, 5.74) is 9.41.